The number of benzene rings is 1. The van der Waals surface area contributed by atoms with Gasteiger partial charge in [0.1, 0.15) is 22.7 Å². The molecule has 0 radical (unpaired) electrons. The van der Waals surface area contributed by atoms with Gasteiger partial charge in [-0.25, -0.2) is 19.5 Å². The van der Waals surface area contributed by atoms with Crippen molar-refractivity contribution in [1.29, 1.82) is 0 Å². The molecule has 0 fully saturated rings. The van der Waals surface area contributed by atoms with Crippen LogP contribution in [0.4, 0.5) is 0 Å². The van der Waals surface area contributed by atoms with E-state index in [9.17, 15) is 0 Å². The van der Waals surface area contributed by atoms with E-state index >= 15 is 0 Å². The fourth-order valence-corrected chi connectivity index (χ4v) is 4.89. The number of hydrogen-bond donors (Lipinski definition) is 1. The molecule has 0 aliphatic heterocycles. The Kier molecular flexibility index (Phi) is 9.24. The first-order chi connectivity index (χ1) is 14.2. The van der Waals surface area contributed by atoms with E-state index < -0.39 is 0 Å². The minimum Gasteiger partial charge on any atom is -1.00 e. The van der Waals surface area contributed by atoms with E-state index in [0.717, 1.165) is 50.6 Å². The van der Waals surface area contributed by atoms with Crippen molar-refractivity contribution in [1.82, 2.24) is 19.9 Å². The minimum absolute atomic E-state index is 0. The zero-order valence-corrected chi connectivity index (χ0v) is 20.2. The van der Waals surface area contributed by atoms with E-state index in [1.165, 1.54) is 0 Å². The molecule has 0 aliphatic carbocycles. The Morgan fingerprint density at radius 3 is 2.58 bits per heavy atom. The molecule has 4 aromatic rings. The number of H-pyrrole nitrogens is 1. The lowest BCUT2D eigenvalue weighted by atomic mass is 10.2. The summed E-state index contributed by atoms with van der Waals surface area (Å²) in [5.41, 5.74) is 3.96. The van der Waals surface area contributed by atoms with Crippen molar-refractivity contribution in [3.8, 4) is 17.4 Å². The lowest BCUT2D eigenvalue weighted by Gasteiger charge is -2.12. The van der Waals surface area contributed by atoms with Crippen LogP contribution in [0.2, 0.25) is 0 Å². The number of nitrogens with zero attached hydrogens (tertiary/aromatic N) is 4. The maximum atomic E-state index is 5.53. The number of aromatic amines is 1. The quantitative estimate of drug-likeness (QED) is 0.234. The normalized spacial score (nSPS) is 10.3. The summed E-state index contributed by atoms with van der Waals surface area (Å²) in [5.74, 6) is 3.11. The Bertz CT molecular complexity index is 1150. The summed E-state index contributed by atoms with van der Waals surface area (Å²) >= 11 is 0. The SMILES string of the molecule is COc1ccc2nc(-[n+]3ccc(OC)c(C)c3CSSc3ncccn3)[nH]c2c1.Cl.[Cl-]. The first-order valence-corrected chi connectivity index (χ1v) is 11.2. The van der Waals surface area contributed by atoms with Crippen molar-refractivity contribution in [2.45, 2.75) is 17.8 Å². The van der Waals surface area contributed by atoms with Crippen LogP contribution in [-0.4, -0.2) is 34.2 Å². The van der Waals surface area contributed by atoms with Crippen molar-refractivity contribution in [3.05, 3.63) is 60.2 Å². The molecule has 31 heavy (non-hydrogen) atoms. The monoisotopic (exact) mass is 497 g/mol. The molecule has 0 spiro atoms. The Balaban J connectivity index is 0.00000171. The molecule has 0 atom stereocenters. The molecule has 0 unspecified atom stereocenters. The van der Waals surface area contributed by atoms with E-state index in [0.29, 0.717) is 0 Å². The van der Waals surface area contributed by atoms with E-state index in [1.54, 1.807) is 48.2 Å². The lowest BCUT2D eigenvalue weighted by molar-refractivity contribution is -0.610. The zero-order chi connectivity index (χ0) is 20.2. The summed E-state index contributed by atoms with van der Waals surface area (Å²) in [5, 5.41) is 0.737. The van der Waals surface area contributed by atoms with Crippen molar-refractivity contribution in [2.24, 2.45) is 0 Å². The van der Waals surface area contributed by atoms with Gasteiger partial charge in [-0.3, -0.25) is 0 Å². The molecular formula is C20H21Cl2N5O2S2. The Hall–Kier alpha value is -2.20. The van der Waals surface area contributed by atoms with Crippen LogP contribution < -0.4 is 26.4 Å². The number of aromatic nitrogens is 5. The molecule has 164 valence electrons. The highest BCUT2D eigenvalue weighted by atomic mass is 35.5. The molecule has 1 N–H and O–H groups in total. The van der Waals surface area contributed by atoms with Crippen LogP contribution in [0.1, 0.15) is 11.3 Å². The second-order valence-corrected chi connectivity index (χ2v) is 8.41. The van der Waals surface area contributed by atoms with Crippen LogP contribution in [0.25, 0.3) is 17.0 Å². The third-order valence-corrected chi connectivity index (χ3v) is 6.49. The molecule has 0 saturated heterocycles. The molecule has 3 aromatic heterocycles. The van der Waals surface area contributed by atoms with Gasteiger partial charge in [-0.05, 0) is 35.9 Å². The maximum Gasteiger partial charge on any atom is 0.402 e. The van der Waals surface area contributed by atoms with Gasteiger partial charge in [-0.15, -0.1) is 12.4 Å². The van der Waals surface area contributed by atoms with Gasteiger partial charge in [0.25, 0.3) is 0 Å². The van der Waals surface area contributed by atoms with Crippen LogP contribution >= 0.6 is 34.0 Å². The Morgan fingerprint density at radius 2 is 1.87 bits per heavy atom. The van der Waals surface area contributed by atoms with Gasteiger partial charge in [0.05, 0.1) is 26.2 Å². The first-order valence-electron chi connectivity index (χ1n) is 8.88. The molecule has 11 heteroatoms. The van der Waals surface area contributed by atoms with E-state index in [1.807, 2.05) is 36.5 Å². The van der Waals surface area contributed by atoms with Crippen molar-refractivity contribution < 1.29 is 26.4 Å². The van der Waals surface area contributed by atoms with Gasteiger partial charge < -0.3 is 21.9 Å². The molecule has 0 amide bonds. The number of rotatable bonds is 7. The first kappa shape index (κ1) is 25.1. The lowest BCUT2D eigenvalue weighted by Crippen LogP contribution is -3.00. The van der Waals surface area contributed by atoms with Crippen LogP contribution in [-0.2, 0) is 5.75 Å². The molecule has 4 rings (SSSR count). The summed E-state index contributed by atoms with van der Waals surface area (Å²) in [6.07, 6.45) is 5.46. The third-order valence-electron chi connectivity index (χ3n) is 4.46. The number of nitrogens with one attached hydrogen (secondary N) is 1. The fourth-order valence-electron chi connectivity index (χ4n) is 2.96. The number of hydrogen-bond acceptors (Lipinski definition) is 7. The number of pyridine rings is 1. The summed E-state index contributed by atoms with van der Waals surface area (Å²) < 4.78 is 12.9. The third kappa shape index (κ3) is 5.54. The average Bonchev–Trinajstić information content (AvgIpc) is 3.18. The topological polar surface area (TPSA) is 76.8 Å². The van der Waals surface area contributed by atoms with Gasteiger partial charge in [-0.2, -0.15) is 0 Å². The Morgan fingerprint density at radius 1 is 1.10 bits per heavy atom. The standard InChI is InChI=1S/C20H20N5O2S2.2ClH/c1-13-17(12-28-29-20-21-8-4-9-22-20)25(10-7-18(13)27-3)19-23-15-6-5-14(26-2)11-16(15)24-19;;/h4-11H,12H2,1-3H3,(H,23,24);2*1H/q+1;;/p-1. The average molecular weight is 498 g/mol. The molecule has 0 bridgehead atoms. The van der Waals surface area contributed by atoms with Gasteiger partial charge in [0.2, 0.25) is 0 Å². The number of halogens is 2. The molecular weight excluding hydrogens is 477 g/mol. The van der Waals surface area contributed by atoms with Gasteiger partial charge in [0.15, 0.2) is 10.7 Å². The predicted molar refractivity (Wildman–Crippen MR) is 122 cm³/mol. The zero-order valence-electron chi connectivity index (χ0n) is 17.0. The largest absolute Gasteiger partial charge is 1.00 e. The number of fused-ring (bicyclic) bond motifs is 1. The summed E-state index contributed by atoms with van der Waals surface area (Å²) in [4.78, 5) is 16.7. The molecule has 1 aromatic carbocycles. The summed E-state index contributed by atoms with van der Waals surface area (Å²) in [7, 11) is 6.55. The minimum atomic E-state index is 0. The molecule has 7 nitrogen and oxygen atoms in total. The maximum absolute atomic E-state index is 5.53. The van der Waals surface area contributed by atoms with E-state index in [2.05, 4.69) is 26.4 Å². The second-order valence-electron chi connectivity index (χ2n) is 6.15. The van der Waals surface area contributed by atoms with E-state index in [-0.39, 0.29) is 24.8 Å². The fraction of sp³-hybridized carbons (Fsp3) is 0.200. The van der Waals surface area contributed by atoms with E-state index in [4.69, 9.17) is 14.5 Å². The second kappa shape index (κ2) is 11.4. The van der Waals surface area contributed by atoms with Crippen molar-refractivity contribution in [3.63, 3.8) is 0 Å². The summed E-state index contributed by atoms with van der Waals surface area (Å²) in [6, 6.07) is 9.56. The van der Waals surface area contributed by atoms with Crippen LogP contribution in [0.3, 0.4) is 0 Å². The molecule has 3 heterocycles. The van der Waals surface area contributed by atoms with Gasteiger partial charge >= 0.3 is 5.95 Å². The van der Waals surface area contributed by atoms with Crippen molar-refractivity contribution in [2.75, 3.05) is 14.2 Å². The van der Waals surface area contributed by atoms with Crippen LogP contribution in [0, 0.1) is 6.92 Å². The van der Waals surface area contributed by atoms with Gasteiger partial charge in [0, 0.05) is 30.1 Å². The highest BCUT2D eigenvalue weighted by molar-refractivity contribution is 8.76. The smallest absolute Gasteiger partial charge is 0.402 e. The van der Waals surface area contributed by atoms with Crippen molar-refractivity contribution >= 4 is 45.0 Å². The number of ether oxygens (including phenoxy) is 2. The Labute approximate surface area is 200 Å². The number of methoxy groups -OCH3 is 2. The molecule has 0 aliphatic rings. The number of imidazole rings is 1. The summed E-state index contributed by atoms with van der Waals surface area (Å²) in [6.45, 7) is 2.06. The predicted octanol–water partition coefficient (Wildman–Crippen LogP) is 1.32. The molecule has 0 saturated carbocycles. The van der Waals surface area contributed by atoms with Crippen LogP contribution in [0.15, 0.2) is 54.1 Å². The highest BCUT2D eigenvalue weighted by Crippen LogP contribution is 2.32. The van der Waals surface area contributed by atoms with Gasteiger partial charge in [-0.1, -0.05) is 15.8 Å². The van der Waals surface area contributed by atoms with Crippen LogP contribution in [0.5, 0.6) is 11.5 Å². The highest BCUT2D eigenvalue weighted by Gasteiger charge is 2.21.